The summed E-state index contributed by atoms with van der Waals surface area (Å²) in [5.41, 5.74) is 8.83. The molecule has 1 saturated carbocycles. The molecule has 2 unspecified atom stereocenters. The summed E-state index contributed by atoms with van der Waals surface area (Å²) in [6.07, 6.45) is 6.07. The second-order valence-electron chi connectivity index (χ2n) is 8.39. The van der Waals surface area contributed by atoms with Crippen LogP contribution in [0.15, 0.2) is 48.9 Å². The third kappa shape index (κ3) is 4.17. The van der Waals surface area contributed by atoms with Crippen molar-refractivity contribution in [3.8, 4) is 17.0 Å². The van der Waals surface area contributed by atoms with Crippen LogP contribution < -0.4 is 21.1 Å². The fourth-order valence-corrected chi connectivity index (χ4v) is 4.04. The molecule has 2 aromatic carbocycles. The standard InChI is InChI=1S/C25H24F2N6O2/c1-3-13-10-14(4-5-15(13)25(34)32-18-11-17(18)28)31-23-24-30-12-19(33(24)9-8-29-23)16-6-7-20(35-2)22(27)21(16)26/h4-10,12,17-18H,3,11,28H2,1-2H3,(H,29,31)(H,32,34). The zero-order valence-electron chi connectivity index (χ0n) is 19.2. The van der Waals surface area contributed by atoms with E-state index in [4.69, 9.17) is 10.5 Å². The number of aromatic nitrogens is 3. The number of aryl methyl sites for hydroxylation is 1. The molecular weight excluding hydrogens is 454 g/mol. The number of ether oxygens (including phenoxy) is 1. The molecule has 4 aromatic rings. The van der Waals surface area contributed by atoms with E-state index in [1.807, 2.05) is 13.0 Å². The Morgan fingerprint density at radius 3 is 2.74 bits per heavy atom. The fraction of sp³-hybridized carbons (Fsp3) is 0.240. The first-order chi connectivity index (χ1) is 16.9. The van der Waals surface area contributed by atoms with Gasteiger partial charge in [-0.05, 0) is 48.7 Å². The van der Waals surface area contributed by atoms with Gasteiger partial charge in [0.1, 0.15) is 0 Å². The summed E-state index contributed by atoms with van der Waals surface area (Å²) in [6.45, 7) is 1.97. The van der Waals surface area contributed by atoms with E-state index < -0.39 is 11.6 Å². The molecule has 1 aliphatic rings. The normalized spacial score (nSPS) is 16.8. The molecule has 0 aliphatic heterocycles. The van der Waals surface area contributed by atoms with E-state index in [-0.39, 0.29) is 29.3 Å². The van der Waals surface area contributed by atoms with Crippen molar-refractivity contribution in [2.24, 2.45) is 5.73 Å². The van der Waals surface area contributed by atoms with Crippen LogP contribution in [0, 0.1) is 11.6 Å². The molecule has 180 valence electrons. The number of hydrogen-bond donors (Lipinski definition) is 3. The number of hydrogen-bond acceptors (Lipinski definition) is 6. The minimum Gasteiger partial charge on any atom is -0.494 e. The molecule has 35 heavy (non-hydrogen) atoms. The molecule has 1 fully saturated rings. The Bertz CT molecular complexity index is 1440. The second-order valence-corrected chi connectivity index (χ2v) is 8.39. The zero-order valence-corrected chi connectivity index (χ0v) is 19.2. The number of amides is 1. The number of imidazole rings is 1. The summed E-state index contributed by atoms with van der Waals surface area (Å²) in [4.78, 5) is 21.4. The van der Waals surface area contributed by atoms with Gasteiger partial charge >= 0.3 is 0 Å². The molecule has 8 nitrogen and oxygen atoms in total. The van der Waals surface area contributed by atoms with Crippen molar-refractivity contribution in [2.75, 3.05) is 12.4 Å². The van der Waals surface area contributed by atoms with Gasteiger partial charge in [0.15, 0.2) is 23.0 Å². The average molecular weight is 479 g/mol. The van der Waals surface area contributed by atoms with E-state index in [1.54, 1.807) is 28.9 Å². The van der Waals surface area contributed by atoms with Crippen molar-refractivity contribution in [1.82, 2.24) is 19.7 Å². The quantitative estimate of drug-likeness (QED) is 0.373. The Hall–Kier alpha value is -4.05. The van der Waals surface area contributed by atoms with Crippen molar-refractivity contribution in [1.29, 1.82) is 0 Å². The van der Waals surface area contributed by atoms with Gasteiger partial charge in [0.25, 0.3) is 5.91 Å². The fourth-order valence-electron chi connectivity index (χ4n) is 4.04. The lowest BCUT2D eigenvalue weighted by atomic mass is 10.0. The third-order valence-electron chi connectivity index (χ3n) is 6.12. The Morgan fingerprint density at radius 2 is 2.03 bits per heavy atom. The van der Waals surface area contributed by atoms with E-state index in [0.717, 1.165) is 12.0 Å². The number of fused-ring (bicyclic) bond motifs is 1. The van der Waals surface area contributed by atoms with Crippen LogP contribution in [0.25, 0.3) is 16.9 Å². The predicted molar refractivity (Wildman–Crippen MR) is 128 cm³/mol. The lowest BCUT2D eigenvalue weighted by molar-refractivity contribution is 0.0949. The van der Waals surface area contributed by atoms with Gasteiger partial charge in [0.2, 0.25) is 5.82 Å². The van der Waals surface area contributed by atoms with Crippen LogP contribution in [0.1, 0.15) is 29.3 Å². The average Bonchev–Trinajstić information content (AvgIpc) is 3.37. The molecule has 10 heteroatoms. The molecule has 2 aromatic heterocycles. The number of nitrogens with one attached hydrogen (secondary N) is 2. The van der Waals surface area contributed by atoms with Crippen LogP contribution in [-0.4, -0.2) is 39.5 Å². The van der Waals surface area contributed by atoms with Crippen LogP contribution in [-0.2, 0) is 6.42 Å². The van der Waals surface area contributed by atoms with E-state index in [9.17, 15) is 13.6 Å². The van der Waals surface area contributed by atoms with Crippen molar-refractivity contribution in [2.45, 2.75) is 31.8 Å². The van der Waals surface area contributed by atoms with E-state index in [2.05, 4.69) is 20.6 Å². The van der Waals surface area contributed by atoms with Gasteiger partial charge in [-0.25, -0.2) is 14.4 Å². The molecule has 1 aliphatic carbocycles. The highest BCUT2D eigenvalue weighted by atomic mass is 19.2. The summed E-state index contributed by atoms with van der Waals surface area (Å²) in [5.74, 6) is -1.97. The largest absolute Gasteiger partial charge is 0.494 e. The molecular formula is C25H24F2N6O2. The number of halogens is 2. The molecule has 0 bridgehead atoms. The highest BCUT2D eigenvalue weighted by molar-refractivity contribution is 5.96. The number of carbonyl (C=O) groups is 1. The topological polar surface area (TPSA) is 107 Å². The maximum atomic E-state index is 14.7. The number of anilines is 2. The summed E-state index contributed by atoms with van der Waals surface area (Å²) in [5, 5.41) is 6.17. The molecule has 4 N–H and O–H groups in total. The van der Waals surface area contributed by atoms with Gasteiger partial charge in [-0.15, -0.1) is 0 Å². The SMILES string of the molecule is CCc1cc(Nc2nccn3c(-c4ccc(OC)c(F)c4F)cnc23)ccc1C(=O)NC1CC1N. The zero-order chi connectivity index (χ0) is 24.7. The van der Waals surface area contributed by atoms with Crippen LogP contribution in [0.2, 0.25) is 0 Å². The molecule has 2 heterocycles. The number of nitrogens with zero attached hydrogens (tertiary/aromatic N) is 3. The Kier molecular flexibility index (Phi) is 5.81. The maximum Gasteiger partial charge on any atom is 0.251 e. The smallest absolute Gasteiger partial charge is 0.251 e. The summed E-state index contributed by atoms with van der Waals surface area (Å²) >= 11 is 0. The predicted octanol–water partition coefficient (Wildman–Crippen LogP) is 3.82. The number of rotatable bonds is 7. The molecule has 1 amide bonds. The van der Waals surface area contributed by atoms with Gasteiger partial charge in [-0.1, -0.05) is 6.92 Å². The lowest BCUT2D eigenvalue weighted by Gasteiger charge is -2.13. The molecule has 0 spiro atoms. The van der Waals surface area contributed by atoms with Crippen LogP contribution in [0.4, 0.5) is 20.3 Å². The van der Waals surface area contributed by atoms with Crippen molar-refractivity contribution in [3.63, 3.8) is 0 Å². The minimum absolute atomic E-state index is 0.0267. The van der Waals surface area contributed by atoms with Crippen LogP contribution in [0.3, 0.4) is 0 Å². The highest BCUT2D eigenvalue weighted by Gasteiger charge is 2.35. The Labute approximate surface area is 200 Å². The van der Waals surface area contributed by atoms with E-state index in [1.165, 1.54) is 25.4 Å². The number of carbonyl (C=O) groups excluding carboxylic acids is 1. The third-order valence-corrected chi connectivity index (χ3v) is 6.12. The maximum absolute atomic E-state index is 14.7. The van der Waals surface area contributed by atoms with E-state index in [0.29, 0.717) is 34.8 Å². The summed E-state index contributed by atoms with van der Waals surface area (Å²) in [6, 6.07) is 8.30. The van der Waals surface area contributed by atoms with Crippen LogP contribution in [0.5, 0.6) is 5.75 Å². The van der Waals surface area contributed by atoms with Gasteiger partial charge in [0, 0.05) is 41.3 Å². The van der Waals surface area contributed by atoms with Gasteiger partial charge in [-0.3, -0.25) is 9.20 Å². The monoisotopic (exact) mass is 478 g/mol. The summed E-state index contributed by atoms with van der Waals surface area (Å²) in [7, 11) is 1.28. The van der Waals surface area contributed by atoms with Gasteiger partial charge in [0.05, 0.1) is 19.0 Å². The summed E-state index contributed by atoms with van der Waals surface area (Å²) < 4.78 is 35.5. The Balaban J connectivity index is 1.45. The van der Waals surface area contributed by atoms with Crippen molar-refractivity contribution in [3.05, 3.63) is 71.7 Å². The number of nitrogens with two attached hydrogens (primary N) is 1. The lowest BCUT2D eigenvalue weighted by Crippen LogP contribution is -2.30. The van der Waals surface area contributed by atoms with Gasteiger partial charge < -0.3 is 21.1 Å². The first-order valence-corrected chi connectivity index (χ1v) is 11.2. The molecule has 2 atom stereocenters. The van der Waals surface area contributed by atoms with Crippen molar-refractivity contribution < 1.29 is 18.3 Å². The molecule has 0 saturated heterocycles. The first kappa shape index (κ1) is 22.7. The number of methoxy groups -OCH3 is 1. The molecule has 0 radical (unpaired) electrons. The van der Waals surface area contributed by atoms with Gasteiger partial charge in [-0.2, -0.15) is 4.39 Å². The van der Waals surface area contributed by atoms with E-state index >= 15 is 0 Å². The molecule has 5 rings (SSSR count). The second kappa shape index (κ2) is 8.95. The first-order valence-electron chi connectivity index (χ1n) is 11.2. The highest BCUT2D eigenvalue weighted by Crippen LogP contribution is 2.31. The minimum atomic E-state index is -1.06. The number of benzene rings is 2. The van der Waals surface area contributed by atoms with Crippen molar-refractivity contribution >= 4 is 23.1 Å². The van der Waals surface area contributed by atoms with Crippen LogP contribution >= 0.6 is 0 Å². The Morgan fingerprint density at radius 1 is 1.23 bits per heavy atom.